The molecular weight excluding hydrogens is 1430 g/mol. The molecule has 0 atom stereocenters. The van der Waals surface area contributed by atoms with E-state index in [-0.39, 0.29) is 10.8 Å². The van der Waals surface area contributed by atoms with Crippen LogP contribution in [0.25, 0.3) is 190 Å². The summed E-state index contributed by atoms with van der Waals surface area (Å²) in [6.45, 7) is 9.40. The van der Waals surface area contributed by atoms with E-state index in [1.165, 1.54) is 88.7 Å². The van der Waals surface area contributed by atoms with Crippen LogP contribution in [0.5, 0.6) is 0 Å². The molecule has 0 saturated carbocycles. The Morgan fingerprint density at radius 3 is 0.975 bits per heavy atom. The van der Waals surface area contributed by atoms with E-state index in [1.807, 2.05) is 85.2 Å². The monoisotopic (exact) mass is 1510 g/mol. The fraction of sp³-hybridized carbons (Fsp3) is 0.0545. The Morgan fingerprint density at radius 1 is 0.186 bits per heavy atom. The van der Waals surface area contributed by atoms with Gasteiger partial charge in [0.2, 0.25) is 0 Å². The number of nitrogens with zero attached hydrogens (tertiary/aromatic N) is 8. The summed E-state index contributed by atoms with van der Waals surface area (Å²) in [4.78, 5) is 38.7. The van der Waals surface area contributed by atoms with E-state index in [0.717, 1.165) is 89.0 Å². The van der Waals surface area contributed by atoms with Crippen molar-refractivity contribution in [3.05, 3.63) is 423 Å². The van der Waals surface area contributed by atoms with Gasteiger partial charge >= 0.3 is 0 Å². The number of aromatic nitrogens is 8. The van der Waals surface area contributed by atoms with E-state index in [1.54, 1.807) is 12.4 Å². The number of rotatable bonds is 14. The molecular formula is C110H78N8. The maximum Gasteiger partial charge on any atom is 0.164 e. The van der Waals surface area contributed by atoms with Crippen LogP contribution in [0.2, 0.25) is 0 Å². The van der Waals surface area contributed by atoms with Gasteiger partial charge in [0.25, 0.3) is 0 Å². The van der Waals surface area contributed by atoms with Gasteiger partial charge in [-0.3, -0.25) is 9.97 Å². The molecule has 0 radical (unpaired) electrons. The second-order valence-electron chi connectivity index (χ2n) is 31.5. The van der Waals surface area contributed by atoms with Crippen LogP contribution in [0.4, 0.5) is 0 Å². The highest BCUT2D eigenvalue weighted by atomic mass is 15.0. The zero-order chi connectivity index (χ0) is 79.3. The number of hydrogen-bond acceptors (Lipinski definition) is 8. The third-order valence-electron chi connectivity index (χ3n) is 23.4. The van der Waals surface area contributed by atoms with Crippen molar-refractivity contribution in [2.75, 3.05) is 0 Å². The maximum absolute atomic E-state index is 5.06. The molecule has 0 amide bonds. The zero-order valence-corrected chi connectivity index (χ0v) is 65.7. The lowest BCUT2D eigenvalue weighted by Crippen LogP contribution is -2.15. The first-order chi connectivity index (χ1) is 57.9. The molecule has 118 heavy (non-hydrogen) atoms. The van der Waals surface area contributed by atoms with Crippen molar-refractivity contribution in [1.29, 1.82) is 0 Å². The lowest BCUT2D eigenvalue weighted by molar-refractivity contribution is 0.660. The van der Waals surface area contributed by atoms with Crippen molar-refractivity contribution in [1.82, 2.24) is 39.9 Å². The van der Waals surface area contributed by atoms with Crippen LogP contribution >= 0.6 is 0 Å². The van der Waals surface area contributed by atoms with Crippen LogP contribution in [0.15, 0.2) is 401 Å². The molecule has 8 nitrogen and oxygen atoms in total. The molecule has 4 heterocycles. The molecule has 2 aliphatic carbocycles. The minimum absolute atomic E-state index is 0.0410. The fourth-order valence-electron chi connectivity index (χ4n) is 17.4. The summed E-state index contributed by atoms with van der Waals surface area (Å²) in [6, 6.07) is 133. The molecule has 0 spiro atoms. The molecule has 8 heteroatoms. The summed E-state index contributed by atoms with van der Waals surface area (Å²) < 4.78 is 0. The Hall–Kier alpha value is -15.1. The summed E-state index contributed by atoms with van der Waals surface area (Å²) in [7, 11) is 0. The summed E-state index contributed by atoms with van der Waals surface area (Å²) in [5.74, 6) is 3.77. The highest BCUT2D eigenvalue weighted by Crippen LogP contribution is 2.54. The molecule has 19 aromatic rings. The Balaban J connectivity index is 0.000000152. The van der Waals surface area contributed by atoms with Gasteiger partial charge in [0.05, 0.1) is 0 Å². The van der Waals surface area contributed by atoms with Crippen molar-refractivity contribution in [3.63, 3.8) is 0 Å². The molecule has 21 rings (SSSR count). The Labute approximate surface area is 687 Å². The summed E-state index contributed by atoms with van der Waals surface area (Å²) in [5, 5.41) is 2.63. The van der Waals surface area contributed by atoms with Crippen molar-refractivity contribution < 1.29 is 0 Å². The van der Waals surface area contributed by atoms with Gasteiger partial charge in [0, 0.05) is 69.0 Å². The van der Waals surface area contributed by atoms with E-state index in [2.05, 4.69) is 341 Å². The molecule has 0 saturated heterocycles. The second kappa shape index (κ2) is 30.3. The standard InChI is InChI=1S/C57H40N4.C53H38N4/c1-57(2)52-30-28-46(35-51(52)50-29-27-38-12-6-7-22-49(38)53(50)57)44-18-9-16-42(33-44)41-15-8-17-43(32-41)45-19-10-20-47(34-45)56-60-54(39-13-4-3-5-14-39)59-55(61-56)40-25-23-37(24-26-40)48-21-11-31-58-36-48;1-53(2)47-24-7-6-22-46(47)49-45(23-11-25-48(49)53)42-19-9-17-40(32-42)38-15-8-16-39(31-38)41-18-10-20-43(33-41)52-56-50(36-13-4-3-5-14-36)55-51(57-52)37-28-26-35(27-29-37)44-21-12-30-54-34-44/h3-36H,1-2H3;3-34H,1-2H3. The average Bonchev–Trinajstić information content (AvgIpc) is 1.57. The van der Waals surface area contributed by atoms with Gasteiger partial charge in [0.1, 0.15) is 0 Å². The normalized spacial score (nSPS) is 12.5. The van der Waals surface area contributed by atoms with Crippen molar-refractivity contribution in [2.24, 2.45) is 0 Å². The first kappa shape index (κ1) is 71.9. The van der Waals surface area contributed by atoms with Crippen LogP contribution in [0.3, 0.4) is 0 Å². The predicted octanol–water partition coefficient (Wildman–Crippen LogP) is 27.6. The highest BCUT2D eigenvalue weighted by molar-refractivity contribution is 5.99. The predicted molar refractivity (Wildman–Crippen MR) is 484 cm³/mol. The van der Waals surface area contributed by atoms with E-state index in [4.69, 9.17) is 29.9 Å². The van der Waals surface area contributed by atoms with Gasteiger partial charge in [-0.15, -0.1) is 0 Å². The van der Waals surface area contributed by atoms with E-state index in [9.17, 15) is 0 Å². The van der Waals surface area contributed by atoms with E-state index >= 15 is 0 Å². The number of fused-ring (bicyclic) bond motifs is 8. The van der Waals surface area contributed by atoms with Gasteiger partial charge in [-0.1, -0.05) is 349 Å². The molecule has 0 N–H and O–H groups in total. The van der Waals surface area contributed by atoms with E-state index in [0.29, 0.717) is 34.9 Å². The second-order valence-corrected chi connectivity index (χ2v) is 31.5. The van der Waals surface area contributed by atoms with Gasteiger partial charge in [0.15, 0.2) is 34.9 Å². The Morgan fingerprint density at radius 2 is 0.508 bits per heavy atom. The Bertz CT molecular complexity index is 7020. The highest BCUT2D eigenvalue weighted by Gasteiger charge is 2.38. The number of pyridine rings is 2. The molecule has 0 bridgehead atoms. The molecule has 558 valence electrons. The molecule has 0 aliphatic heterocycles. The lowest BCUT2D eigenvalue weighted by atomic mass is 9.80. The first-order valence-corrected chi connectivity index (χ1v) is 40.1. The largest absolute Gasteiger partial charge is 0.264 e. The van der Waals surface area contributed by atoms with Crippen molar-refractivity contribution >= 4 is 10.8 Å². The minimum Gasteiger partial charge on any atom is -0.264 e. The smallest absolute Gasteiger partial charge is 0.164 e. The number of hydrogen-bond donors (Lipinski definition) is 0. The van der Waals surface area contributed by atoms with Gasteiger partial charge in [-0.05, 0) is 199 Å². The van der Waals surface area contributed by atoms with Gasteiger partial charge in [-0.2, -0.15) is 0 Å². The van der Waals surface area contributed by atoms with E-state index < -0.39 is 0 Å². The minimum atomic E-state index is -0.0764. The van der Waals surface area contributed by atoms with Gasteiger partial charge in [-0.25, -0.2) is 29.9 Å². The van der Waals surface area contributed by atoms with Crippen LogP contribution in [0.1, 0.15) is 49.9 Å². The van der Waals surface area contributed by atoms with Gasteiger partial charge < -0.3 is 0 Å². The fourth-order valence-corrected chi connectivity index (χ4v) is 17.4. The molecule has 2 aliphatic rings. The summed E-state index contributed by atoms with van der Waals surface area (Å²) in [5.41, 5.74) is 34.7. The number of benzene rings is 15. The van der Waals surface area contributed by atoms with Crippen molar-refractivity contribution in [3.8, 4) is 180 Å². The van der Waals surface area contributed by atoms with Crippen LogP contribution in [-0.4, -0.2) is 39.9 Å². The topological polar surface area (TPSA) is 103 Å². The molecule has 15 aromatic carbocycles. The first-order valence-electron chi connectivity index (χ1n) is 40.1. The Kier molecular flexibility index (Phi) is 18.5. The maximum atomic E-state index is 5.06. The SMILES string of the molecule is CC1(C)c2ccc(-c3cccc(-c4cccc(-c5cccc(-c6nc(-c7ccccc7)nc(-c7ccc(-c8cccnc8)cc7)n6)c5)c4)c3)cc2-c2ccc3ccccc3c21.CC1(C)c2ccccc2-c2c(-c3cccc(-c4cccc(-c5cccc(-c6nc(-c7ccccc7)nc(-c7ccc(-c8cccnc8)cc7)n6)c5)c4)c3)cccc21. The van der Waals surface area contributed by atoms with Crippen molar-refractivity contribution in [2.45, 2.75) is 38.5 Å². The third-order valence-corrected chi connectivity index (χ3v) is 23.4. The zero-order valence-electron chi connectivity index (χ0n) is 65.7. The molecule has 0 fully saturated rings. The average molecular weight is 1510 g/mol. The quantitative estimate of drug-likeness (QED) is 0.106. The summed E-state index contributed by atoms with van der Waals surface area (Å²) >= 11 is 0. The van der Waals surface area contributed by atoms with Crippen LogP contribution in [-0.2, 0) is 10.8 Å². The molecule has 0 unspecified atom stereocenters. The third kappa shape index (κ3) is 13.7. The summed E-state index contributed by atoms with van der Waals surface area (Å²) in [6.07, 6.45) is 7.32. The lowest BCUT2D eigenvalue weighted by Gasteiger charge is -2.23. The van der Waals surface area contributed by atoms with Crippen LogP contribution in [0, 0.1) is 0 Å². The van der Waals surface area contributed by atoms with Crippen LogP contribution < -0.4 is 0 Å². The molecule has 4 aromatic heterocycles.